The standard InChI is InChI=1S/C22H23N5O3S/c1-3-25-14-23-20-19(25)21(29)27(13-18(28)24-15(2)17-10-7-11-31-17)22(30)26(20)12-16-8-5-4-6-9-16/h4-11,14-15H,3,12-13H2,1-2H3,(H,24,28). The van der Waals surface area contributed by atoms with E-state index in [2.05, 4.69) is 10.3 Å². The average Bonchev–Trinajstić information content (AvgIpc) is 3.45. The molecule has 9 heteroatoms. The van der Waals surface area contributed by atoms with Gasteiger partial charge in [0, 0.05) is 11.4 Å². The zero-order valence-electron chi connectivity index (χ0n) is 17.3. The first-order valence-electron chi connectivity index (χ1n) is 10.0. The Labute approximate surface area is 182 Å². The van der Waals surface area contributed by atoms with Gasteiger partial charge in [0.15, 0.2) is 11.2 Å². The number of nitrogens with one attached hydrogen (secondary N) is 1. The second-order valence-electron chi connectivity index (χ2n) is 7.25. The van der Waals surface area contributed by atoms with Crippen molar-refractivity contribution in [3.63, 3.8) is 0 Å². The van der Waals surface area contributed by atoms with E-state index in [1.165, 1.54) is 15.9 Å². The monoisotopic (exact) mass is 437 g/mol. The molecule has 3 aromatic heterocycles. The number of aryl methyl sites for hydroxylation is 1. The van der Waals surface area contributed by atoms with Crippen molar-refractivity contribution in [1.82, 2.24) is 24.0 Å². The predicted octanol–water partition coefficient (Wildman–Crippen LogP) is 2.37. The maximum absolute atomic E-state index is 13.3. The van der Waals surface area contributed by atoms with Gasteiger partial charge in [0.25, 0.3) is 5.56 Å². The van der Waals surface area contributed by atoms with E-state index in [4.69, 9.17) is 0 Å². The minimum absolute atomic E-state index is 0.209. The molecular formula is C22H23N5O3S. The lowest BCUT2D eigenvalue weighted by molar-refractivity contribution is -0.122. The molecule has 1 amide bonds. The van der Waals surface area contributed by atoms with E-state index in [-0.39, 0.29) is 19.1 Å². The fraction of sp³-hybridized carbons (Fsp3) is 0.273. The van der Waals surface area contributed by atoms with Crippen LogP contribution in [-0.2, 0) is 24.4 Å². The zero-order chi connectivity index (χ0) is 22.0. The zero-order valence-corrected chi connectivity index (χ0v) is 18.1. The van der Waals surface area contributed by atoms with Crippen LogP contribution < -0.4 is 16.6 Å². The predicted molar refractivity (Wildman–Crippen MR) is 120 cm³/mol. The van der Waals surface area contributed by atoms with Gasteiger partial charge in [0.1, 0.15) is 6.54 Å². The van der Waals surface area contributed by atoms with Crippen molar-refractivity contribution >= 4 is 28.4 Å². The van der Waals surface area contributed by atoms with Crippen LogP contribution in [0.5, 0.6) is 0 Å². The van der Waals surface area contributed by atoms with E-state index >= 15 is 0 Å². The molecule has 160 valence electrons. The highest BCUT2D eigenvalue weighted by molar-refractivity contribution is 7.10. The van der Waals surface area contributed by atoms with Gasteiger partial charge >= 0.3 is 5.69 Å². The molecule has 1 atom stereocenters. The Bertz CT molecular complexity index is 1320. The summed E-state index contributed by atoms with van der Waals surface area (Å²) in [4.78, 5) is 44.4. The van der Waals surface area contributed by atoms with Gasteiger partial charge in [-0.15, -0.1) is 11.3 Å². The second-order valence-corrected chi connectivity index (χ2v) is 8.23. The summed E-state index contributed by atoms with van der Waals surface area (Å²) in [5.74, 6) is -0.395. The number of nitrogens with zero attached hydrogens (tertiary/aromatic N) is 4. The average molecular weight is 438 g/mol. The third-order valence-electron chi connectivity index (χ3n) is 5.16. The molecule has 4 rings (SSSR count). The van der Waals surface area contributed by atoms with Crippen molar-refractivity contribution in [2.45, 2.75) is 39.5 Å². The summed E-state index contributed by atoms with van der Waals surface area (Å²) < 4.78 is 4.14. The molecule has 0 spiro atoms. The molecule has 3 heterocycles. The normalized spacial score (nSPS) is 12.2. The molecule has 0 aliphatic rings. The van der Waals surface area contributed by atoms with Crippen molar-refractivity contribution in [1.29, 1.82) is 0 Å². The molecule has 1 unspecified atom stereocenters. The smallest absolute Gasteiger partial charge is 0.333 e. The highest BCUT2D eigenvalue weighted by Crippen LogP contribution is 2.18. The van der Waals surface area contributed by atoms with Crippen molar-refractivity contribution in [2.24, 2.45) is 0 Å². The van der Waals surface area contributed by atoms with Crippen LogP contribution in [-0.4, -0.2) is 24.6 Å². The number of aromatic nitrogens is 4. The van der Waals surface area contributed by atoms with Crippen molar-refractivity contribution in [3.05, 3.63) is 85.5 Å². The third kappa shape index (κ3) is 4.09. The molecule has 8 nitrogen and oxygen atoms in total. The van der Waals surface area contributed by atoms with Gasteiger partial charge in [-0.25, -0.2) is 14.3 Å². The number of benzene rings is 1. The largest absolute Gasteiger partial charge is 0.347 e. The Hall–Kier alpha value is -3.46. The summed E-state index contributed by atoms with van der Waals surface area (Å²) in [6.07, 6.45) is 1.55. The Morgan fingerprint density at radius 3 is 2.58 bits per heavy atom. The van der Waals surface area contributed by atoms with E-state index in [0.29, 0.717) is 17.7 Å². The number of imidazole rings is 1. The fourth-order valence-electron chi connectivity index (χ4n) is 3.57. The molecule has 0 fully saturated rings. The third-order valence-corrected chi connectivity index (χ3v) is 6.21. The van der Waals surface area contributed by atoms with Crippen molar-refractivity contribution < 1.29 is 4.79 Å². The van der Waals surface area contributed by atoms with Crippen LogP contribution in [0.2, 0.25) is 0 Å². The Kier molecular flexibility index (Phi) is 5.85. The Balaban J connectivity index is 1.75. The molecule has 1 N–H and O–H groups in total. The van der Waals surface area contributed by atoms with Gasteiger partial charge in [-0.1, -0.05) is 36.4 Å². The molecule has 4 aromatic rings. The maximum Gasteiger partial charge on any atom is 0.333 e. The first-order chi connectivity index (χ1) is 15.0. The number of carbonyl (C=O) groups is 1. The van der Waals surface area contributed by atoms with Crippen molar-refractivity contribution in [3.8, 4) is 0 Å². The minimum atomic E-state index is -0.554. The van der Waals surface area contributed by atoms with E-state index in [0.717, 1.165) is 15.0 Å². The highest BCUT2D eigenvalue weighted by atomic mass is 32.1. The van der Waals surface area contributed by atoms with E-state index in [1.54, 1.807) is 10.9 Å². The number of hydrogen-bond acceptors (Lipinski definition) is 5. The lowest BCUT2D eigenvalue weighted by Crippen LogP contribution is -2.44. The summed E-state index contributed by atoms with van der Waals surface area (Å²) in [5.41, 5.74) is 0.476. The SMILES string of the molecule is CCn1cnc2c1c(=O)n(CC(=O)NC(C)c1cccs1)c(=O)n2Cc1ccccc1. The summed E-state index contributed by atoms with van der Waals surface area (Å²) in [5, 5.41) is 4.80. The lowest BCUT2D eigenvalue weighted by atomic mass is 10.2. The minimum Gasteiger partial charge on any atom is -0.347 e. The number of fused-ring (bicyclic) bond motifs is 1. The second kappa shape index (κ2) is 8.73. The fourth-order valence-corrected chi connectivity index (χ4v) is 4.30. The van der Waals surface area contributed by atoms with Crippen LogP contribution in [0.1, 0.15) is 30.3 Å². The topological polar surface area (TPSA) is 90.9 Å². The number of hydrogen-bond donors (Lipinski definition) is 1. The van der Waals surface area contributed by atoms with Gasteiger partial charge in [0.2, 0.25) is 5.91 Å². The molecule has 0 saturated heterocycles. The number of carbonyl (C=O) groups excluding carboxylic acids is 1. The van der Waals surface area contributed by atoms with E-state index < -0.39 is 17.2 Å². The molecule has 0 radical (unpaired) electrons. The molecule has 31 heavy (non-hydrogen) atoms. The van der Waals surface area contributed by atoms with Gasteiger partial charge in [-0.2, -0.15) is 0 Å². The van der Waals surface area contributed by atoms with Crippen LogP contribution in [0.25, 0.3) is 11.2 Å². The molecule has 0 saturated carbocycles. The number of rotatable bonds is 7. The lowest BCUT2D eigenvalue weighted by Gasteiger charge is -2.15. The van der Waals surface area contributed by atoms with Crippen LogP contribution in [0.4, 0.5) is 0 Å². The highest BCUT2D eigenvalue weighted by Gasteiger charge is 2.20. The van der Waals surface area contributed by atoms with Crippen LogP contribution >= 0.6 is 11.3 Å². The summed E-state index contributed by atoms with van der Waals surface area (Å²) in [6, 6.07) is 13.1. The molecule has 0 aliphatic heterocycles. The maximum atomic E-state index is 13.3. The Morgan fingerprint density at radius 1 is 1.13 bits per heavy atom. The Morgan fingerprint density at radius 2 is 1.90 bits per heavy atom. The quantitative estimate of drug-likeness (QED) is 0.481. The first kappa shape index (κ1) is 20.8. The van der Waals surface area contributed by atoms with Gasteiger partial charge in [-0.3, -0.25) is 14.2 Å². The van der Waals surface area contributed by atoms with E-state index in [1.807, 2.05) is 61.7 Å². The van der Waals surface area contributed by atoms with Crippen LogP contribution in [0, 0.1) is 0 Å². The van der Waals surface area contributed by atoms with Gasteiger partial charge < -0.3 is 9.88 Å². The molecular weight excluding hydrogens is 414 g/mol. The summed E-state index contributed by atoms with van der Waals surface area (Å²) in [7, 11) is 0. The van der Waals surface area contributed by atoms with Crippen LogP contribution in [0.15, 0.2) is 63.8 Å². The van der Waals surface area contributed by atoms with E-state index in [9.17, 15) is 14.4 Å². The van der Waals surface area contributed by atoms with Gasteiger partial charge in [0.05, 0.1) is 18.9 Å². The van der Waals surface area contributed by atoms with Crippen LogP contribution in [0.3, 0.4) is 0 Å². The van der Waals surface area contributed by atoms with Crippen molar-refractivity contribution in [2.75, 3.05) is 0 Å². The molecule has 0 bridgehead atoms. The number of thiophene rings is 1. The molecule has 1 aromatic carbocycles. The van der Waals surface area contributed by atoms with Gasteiger partial charge in [-0.05, 0) is 30.9 Å². The summed E-state index contributed by atoms with van der Waals surface area (Å²) >= 11 is 1.54. The number of amides is 1. The summed E-state index contributed by atoms with van der Waals surface area (Å²) in [6.45, 7) is 4.19. The first-order valence-corrected chi connectivity index (χ1v) is 10.9. The molecule has 0 aliphatic carbocycles.